The van der Waals surface area contributed by atoms with Crippen LogP contribution < -0.4 is 16.2 Å². The maximum Gasteiger partial charge on any atom is 0.387 e. The highest BCUT2D eigenvalue weighted by Crippen LogP contribution is 2.60. The molecule has 10 heteroatoms. The van der Waals surface area contributed by atoms with Gasteiger partial charge in [-0.2, -0.15) is 8.78 Å². The molecule has 1 aromatic rings. The van der Waals surface area contributed by atoms with Crippen LogP contribution >= 0.6 is 0 Å². The summed E-state index contributed by atoms with van der Waals surface area (Å²) in [7, 11) is 0. The van der Waals surface area contributed by atoms with Gasteiger partial charge in [0.15, 0.2) is 11.6 Å². The number of alkyl halides is 4. The molecule has 1 saturated heterocycles. The Balaban J connectivity index is 1.47. The van der Waals surface area contributed by atoms with Gasteiger partial charge in [0.05, 0.1) is 13.1 Å². The number of pyridine rings is 1. The number of likely N-dealkylation sites (tertiary alicyclic amines) is 1. The van der Waals surface area contributed by atoms with E-state index in [4.69, 9.17) is 16.5 Å². The number of hydrogen-bond acceptors (Lipinski definition) is 6. The van der Waals surface area contributed by atoms with Gasteiger partial charge in [-0.1, -0.05) is 0 Å². The Labute approximate surface area is 178 Å². The lowest BCUT2D eigenvalue weighted by Crippen LogP contribution is -2.59. The van der Waals surface area contributed by atoms with Gasteiger partial charge in [-0.25, -0.2) is 13.8 Å². The number of fused-ring (bicyclic) bond motifs is 1. The third-order valence-electron chi connectivity index (χ3n) is 6.29. The second-order valence-electron chi connectivity index (χ2n) is 8.97. The van der Waals surface area contributed by atoms with Crippen molar-refractivity contribution in [1.82, 2.24) is 9.88 Å². The van der Waals surface area contributed by atoms with E-state index in [0.29, 0.717) is 23.1 Å². The van der Waals surface area contributed by atoms with E-state index in [-0.39, 0.29) is 42.7 Å². The number of aliphatic imine (C=N–C) groups is 1. The smallest absolute Gasteiger partial charge is 0.387 e. The SMILES string of the molecule is CC(C)N=C(C=C(N)c1cnc(N)c(OC(F)F)c1)C1C2CC(N3CC(F)(F)C3)CC21. The molecule has 1 aromatic heterocycles. The summed E-state index contributed by atoms with van der Waals surface area (Å²) in [4.78, 5) is 10.5. The first-order valence-corrected chi connectivity index (χ1v) is 10.4. The highest BCUT2D eigenvalue weighted by atomic mass is 19.3. The number of halogens is 4. The van der Waals surface area contributed by atoms with Crippen LogP contribution in [0.5, 0.6) is 5.75 Å². The molecule has 2 aliphatic carbocycles. The molecule has 0 spiro atoms. The molecule has 170 valence electrons. The summed E-state index contributed by atoms with van der Waals surface area (Å²) in [5.74, 6) is -1.88. The number of hydrogen-bond donors (Lipinski definition) is 2. The van der Waals surface area contributed by atoms with Gasteiger partial charge >= 0.3 is 6.61 Å². The quantitative estimate of drug-likeness (QED) is 0.500. The number of rotatable bonds is 7. The molecule has 4 rings (SSSR count). The standard InChI is InChI=1S/C21H27F4N5O/c1-10(2)29-16(6-15(26)11-3-17(31-20(22)23)19(27)28-7-11)18-13-4-12(5-14(13)18)30-8-21(24,25)9-30/h3,6-7,10,12-14,18,20H,4-5,8-9,26H2,1-2H3,(H2,27,28). The molecule has 1 aliphatic heterocycles. The lowest BCUT2D eigenvalue weighted by Gasteiger charge is -2.43. The van der Waals surface area contributed by atoms with E-state index in [0.717, 1.165) is 18.6 Å². The summed E-state index contributed by atoms with van der Waals surface area (Å²) in [6, 6.07) is 1.59. The van der Waals surface area contributed by atoms with E-state index >= 15 is 0 Å². The first-order valence-electron chi connectivity index (χ1n) is 10.4. The van der Waals surface area contributed by atoms with Gasteiger partial charge < -0.3 is 16.2 Å². The molecular weight excluding hydrogens is 414 g/mol. The largest absolute Gasteiger partial charge is 0.431 e. The molecular formula is C21H27F4N5O. The zero-order chi connectivity index (χ0) is 22.5. The van der Waals surface area contributed by atoms with Crippen LogP contribution in [0.15, 0.2) is 23.3 Å². The highest BCUT2D eigenvalue weighted by molar-refractivity contribution is 6.04. The maximum absolute atomic E-state index is 13.2. The number of nitrogens with zero attached hydrogens (tertiary/aromatic N) is 3. The van der Waals surface area contributed by atoms with Gasteiger partial charge in [-0.15, -0.1) is 0 Å². The minimum Gasteiger partial charge on any atom is -0.431 e. The van der Waals surface area contributed by atoms with Gasteiger partial charge in [0.2, 0.25) is 0 Å². The predicted octanol–water partition coefficient (Wildman–Crippen LogP) is 3.39. The minimum absolute atomic E-state index is 0.0486. The molecule has 2 heterocycles. The van der Waals surface area contributed by atoms with Crippen molar-refractivity contribution in [3.63, 3.8) is 0 Å². The Kier molecular flexibility index (Phi) is 5.61. The first kappa shape index (κ1) is 21.9. The number of nitrogens with two attached hydrogens (primary N) is 2. The van der Waals surface area contributed by atoms with Crippen LogP contribution in [0.2, 0.25) is 0 Å². The molecule has 3 aliphatic rings. The number of anilines is 1. The summed E-state index contributed by atoms with van der Waals surface area (Å²) in [5.41, 5.74) is 13.4. The number of allylic oxidation sites excluding steroid dienone is 1. The fourth-order valence-electron chi connectivity index (χ4n) is 4.92. The van der Waals surface area contributed by atoms with Crippen molar-refractivity contribution >= 4 is 17.2 Å². The summed E-state index contributed by atoms with van der Waals surface area (Å²) in [6.07, 6.45) is 4.92. The summed E-state index contributed by atoms with van der Waals surface area (Å²) < 4.78 is 55.9. The molecule has 2 saturated carbocycles. The van der Waals surface area contributed by atoms with Crippen molar-refractivity contribution < 1.29 is 22.3 Å². The van der Waals surface area contributed by atoms with Crippen molar-refractivity contribution in [2.45, 2.75) is 51.3 Å². The monoisotopic (exact) mass is 441 g/mol. The third-order valence-corrected chi connectivity index (χ3v) is 6.29. The maximum atomic E-state index is 13.2. The minimum atomic E-state index is -3.02. The average Bonchev–Trinajstić information content (AvgIpc) is 3.13. The lowest BCUT2D eigenvalue weighted by molar-refractivity contribution is -0.146. The summed E-state index contributed by atoms with van der Waals surface area (Å²) >= 11 is 0. The van der Waals surface area contributed by atoms with Crippen LogP contribution in [-0.2, 0) is 0 Å². The molecule has 6 nitrogen and oxygen atoms in total. The van der Waals surface area contributed by atoms with Crippen LogP contribution in [0.1, 0.15) is 32.3 Å². The van der Waals surface area contributed by atoms with E-state index in [1.54, 1.807) is 6.08 Å². The first-order chi connectivity index (χ1) is 14.5. The number of aromatic nitrogens is 1. The molecule has 0 aromatic carbocycles. The van der Waals surface area contributed by atoms with Crippen LogP contribution in [0.3, 0.4) is 0 Å². The fourth-order valence-corrected chi connectivity index (χ4v) is 4.92. The summed E-state index contributed by atoms with van der Waals surface area (Å²) in [5, 5.41) is 0. The van der Waals surface area contributed by atoms with Gasteiger partial charge in [-0.05, 0) is 50.7 Å². The number of nitrogen functional groups attached to an aromatic ring is 1. The zero-order valence-corrected chi connectivity index (χ0v) is 17.4. The van der Waals surface area contributed by atoms with E-state index in [1.165, 1.54) is 12.3 Å². The average molecular weight is 441 g/mol. The van der Waals surface area contributed by atoms with Gasteiger partial charge in [0, 0.05) is 41.2 Å². The van der Waals surface area contributed by atoms with Crippen LogP contribution in [0.25, 0.3) is 5.70 Å². The summed E-state index contributed by atoms with van der Waals surface area (Å²) in [6.45, 7) is 0.621. The van der Waals surface area contributed by atoms with Crippen molar-refractivity contribution in [3.8, 4) is 5.75 Å². The second kappa shape index (κ2) is 7.96. The zero-order valence-electron chi connectivity index (χ0n) is 17.4. The topological polar surface area (TPSA) is 89.8 Å². The van der Waals surface area contributed by atoms with Gasteiger partial charge in [-0.3, -0.25) is 9.89 Å². The normalized spacial score (nSPS) is 30.5. The van der Waals surface area contributed by atoms with Crippen LogP contribution in [0.4, 0.5) is 23.4 Å². The molecule has 2 atom stereocenters. The van der Waals surface area contributed by atoms with Crippen LogP contribution in [0, 0.1) is 17.8 Å². The Morgan fingerprint density at radius 2 is 1.94 bits per heavy atom. The number of ether oxygens (including phenoxy) is 1. The third kappa shape index (κ3) is 4.63. The molecule has 4 N–H and O–H groups in total. The second-order valence-corrected chi connectivity index (χ2v) is 8.97. The predicted molar refractivity (Wildman–Crippen MR) is 110 cm³/mol. The van der Waals surface area contributed by atoms with Crippen molar-refractivity contribution in [1.29, 1.82) is 0 Å². The van der Waals surface area contributed by atoms with E-state index < -0.39 is 12.5 Å². The van der Waals surface area contributed by atoms with Crippen molar-refractivity contribution in [2.24, 2.45) is 28.5 Å². The van der Waals surface area contributed by atoms with Crippen molar-refractivity contribution in [2.75, 3.05) is 18.8 Å². The Bertz CT molecular complexity index is 884. The molecule has 0 amide bonds. The van der Waals surface area contributed by atoms with E-state index in [9.17, 15) is 17.6 Å². The Morgan fingerprint density at radius 3 is 2.48 bits per heavy atom. The molecule has 0 bridgehead atoms. The molecule has 2 unspecified atom stereocenters. The molecule has 0 radical (unpaired) electrons. The van der Waals surface area contributed by atoms with Gasteiger partial charge in [0.1, 0.15) is 0 Å². The van der Waals surface area contributed by atoms with E-state index in [1.807, 2.05) is 18.7 Å². The Morgan fingerprint density at radius 1 is 1.29 bits per heavy atom. The fraction of sp³-hybridized carbons (Fsp3) is 0.619. The van der Waals surface area contributed by atoms with Gasteiger partial charge in [0.25, 0.3) is 5.92 Å². The van der Waals surface area contributed by atoms with Crippen molar-refractivity contribution in [3.05, 3.63) is 23.9 Å². The molecule has 3 fully saturated rings. The van der Waals surface area contributed by atoms with E-state index in [2.05, 4.69) is 9.72 Å². The lowest BCUT2D eigenvalue weighted by atomic mass is 9.97. The Hall–Kier alpha value is -2.36. The molecule has 31 heavy (non-hydrogen) atoms. The van der Waals surface area contributed by atoms with Crippen LogP contribution in [-0.4, -0.2) is 53.3 Å². The highest BCUT2D eigenvalue weighted by Gasteiger charge is 2.60.